The molecular weight excluding hydrogens is 442 g/mol. The normalized spacial score (nSPS) is 13.5. The number of carbonyl (C=O) groups is 1. The Morgan fingerprint density at radius 1 is 1.19 bits per heavy atom. The highest BCUT2D eigenvalue weighted by atomic mass is 35.5. The summed E-state index contributed by atoms with van der Waals surface area (Å²) in [7, 11) is 0. The van der Waals surface area contributed by atoms with Gasteiger partial charge in [0, 0.05) is 22.5 Å². The number of carbonyl (C=O) groups excluding carboxylic acids is 1. The first-order valence-corrected chi connectivity index (χ1v) is 11.1. The fraction of sp³-hybridized carbons (Fsp3) is 0.333. The number of hydrogen-bond acceptors (Lipinski definition) is 8. The number of rotatable bonds is 6. The van der Waals surface area contributed by atoms with Crippen molar-refractivity contribution in [1.29, 1.82) is 0 Å². The summed E-state index contributed by atoms with van der Waals surface area (Å²) in [6.07, 6.45) is 4.61. The number of aryl methyl sites for hydroxylation is 3. The molecule has 4 aromatic rings. The minimum atomic E-state index is -0.551. The fourth-order valence-electron chi connectivity index (χ4n) is 3.68. The van der Waals surface area contributed by atoms with E-state index in [2.05, 4.69) is 16.3 Å². The summed E-state index contributed by atoms with van der Waals surface area (Å²) in [5.41, 5.74) is 2.31. The van der Waals surface area contributed by atoms with Gasteiger partial charge in [0.05, 0.1) is 16.8 Å². The number of benzene rings is 1. The molecule has 160 valence electrons. The van der Waals surface area contributed by atoms with Crippen molar-refractivity contribution in [3.05, 3.63) is 56.2 Å². The van der Waals surface area contributed by atoms with E-state index in [-0.39, 0.29) is 25.5 Å². The third-order valence-electron chi connectivity index (χ3n) is 5.20. The van der Waals surface area contributed by atoms with Crippen LogP contribution in [0.1, 0.15) is 35.6 Å². The van der Waals surface area contributed by atoms with Crippen molar-refractivity contribution in [1.82, 2.24) is 14.8 Å². The Kier molecular flexibility index (Phi) is 5.37. The zero-order chi connectivity index (χ0) is 21.4. The Labute approximate surface area is 185 Å². The van der Waals surface area contributed by atoms with Crippen LogP contribution in [0.15, 0.2) is 37.9 Å². The first-order chi connectivity index (χ1) is 15.1. The van der Waals surface area contributed by atoms with Gasteiger partial charge in [-0.3, -0.25) is 9.36 Å². The summed E-state index contributed by atoms with van der Waals surface area (Å²) >= 11 is 7.59. The van der Waals surface area contributed by atoms with Crippen LogP contribution in [0.5, 0.6) is 0 Å². The Bertz CT molecular complexity index is 1290. The molecule has 0 spiro atoms. The fourth-order valence-corrected chi connectivity index (χ4v) is 5.01. The molecule has 1 aromatic carbocycles. The van der Waals surface area contributed by atoms with Crippen LogP contribution >= 0.6 is 22.9 Å². The number of nitrogens with zero attached hydrogens (tertiary/aromatic N) is 3. The van der Waals surface area contributed by atoms with Crippen LogP contribution in [-0.2, 0) is 35.5 Å². The first kappa shape index (κ1) is 20.0. The SMILES string of the molecule is O=C(CCn1c(=O)oc2cc(Cl)ccc21)OCc1nnc(-c2cc3c(s2)CCCC3)o1. The maximum absolute atomic E-state index is 12.1. The number of ether oxygens (including phenoxy) is 1. The van der Waals surface area contributed by atoms with Crippen molar-refractivity contribution < 1.29 is 18.4 Å². The zero-order valence-electron chi connectivity index (χ0n) is 16.4. The number of halogens is 1. The average molecular weight is 460 g/mol. The first-order valence-electron chi connectivity index (χ1n) is 9.96. The summed E-state index contributed by atoms with van der Waals surface area (Å²) in [4.78, 5) is 26.5. The van der Waals surface area contributed by atoms with Gasteiger partial charge in [-0.1, -0.05) is 11.6 Å². The maximum atomic E-state index is 12.1. The standard InChI is InChI=1S/C21H18ClN3O5S/c22-13-5-6-14-15(10-13)29-21(27)25(14)8-7-19(26)28-11-18-23-24-20(30-18)17-9-12-3-1-2-4-16(12)31-17/h5-6,9-10H,1-4,7-8,11H2. The van der Waals surface area contributed by atoms with E-state index in [0.717, 1.165) is 17.7 Å². The lowest BCUT2D eigenvalue weighted by atomic mass is 9.99. The highest BCUT2D eigenvalue weighted by Gasteiger charge is 2.18. The number of hydrogen-bond donors (Lipinski definition) is 0. The highest BCUT2D eigenvalue weighted by Crippen LogP contribution is 2.35. The molecule has 31 heavy (non-hydrogen) atoms. The summed E-state index contributed by atoms with van der Waals surface area (Å²) in [5.74, 6) is -0.359. The monoisotopic (exact) mass is 459 g/mol. The summed E-state index contributed by atoms with van der Waals surface area (Å²) < 4.78 is 17.4. The number of aromatic nitrogens is 3. The molecule has 0 N–H and O–H groups in total. The second kappa shape index (κ2) is 8.32. The van der Waals surface area contributed by atoms with Gasteiger partial charge in [-0.25, -0.2) is 4.79 Å². The zero-order valence-corrected chi connectivity index (χ0v) is 18.0. The van der Waals surface area contributed by atoms with E-state index in [1.165, 1.54) is 27.8 Å². The van der Waals surface area contributed by atoms with Gasteiger partial charge < -0.3 is 13.6 Å². The molecule has 10 heteroatoms. The van der Waals surface area contributed by atoms with E-state index in [0.29, 0.717) is 22.0 Å². The van der Waals surface area contributed by atoms with E-state index in [9.17, 15) is 9.59 Å². The quantitative estimate of drug-likeness (QED) is 0.394. The molecule has 0 saturated carbocycles. The Morgan fingerprint density at radius 2 is 2.06 bits per heavy atom. The van der Waals surface area contributed by atoms with Crippen LogP contribution < -0.4 is 5.76 Å². The van der Waals surface area contributed by atoms with Gasteiger partial charge in [-0.15, -0.1) is 21.5 Å². The van der Waals surface area contributed by atoms with Crippen molar-refractivity contribution in [3.63, 3.8) is 0 Å². The number of esters is 1. The molecule has 5 rings (SSSR count). The summed E-state index contributed by atoms with van der Waals surface area (Å²) in [5, 5.41) is 8.52. The molecular formula is C21H18ClN3O5S. The Hall–Kier alpha value is -2.91. The molecule has 1 aliphatic rings. The van der Waals surface area contributed by atoms with Crippen molar-refractivity contribution in [2.45, 2.75) is 45.3 Å². The van der Waals surface area contributed by atoms with Gasteiger partial charge in [0.15, 0.2) is 12.2 Å². The predicted molar refractivity (Wildman–Crippen MR) is 114 cm³/mol. The topological polar surface area (TPSA) is 100 Å². The largest absolute Gasteiger partial charge is 0.456 e. The molecule has 0 saturated heterocycles. The second-order valence-corrected chi connectivity index (χ2v) is 8.88. The lowest BCUT2D eigenvalue weighted by Crippen LogP contribution is -2.17. The molecule has 0 radical (unpaired) electrons. The van der Waals surface area contributed by atoms with Gasteiger partial charge in [0.1, 0.15) is 0 Å². The summed E-state index contributed by atoms with van der Waals surface area (Å²) in [6.45, 7) is 0.00962. The number of fused-ring (bicyclic) bond motifs is 2. The molecule has 0 bridgehead atoms. The average Bonchev–Trinajstić information content (AvgIpc) is 3.46. The molecule has 0 fully saturated rings. The van der Waals surface area contributed by atoms with Gasteiger partial charge >= 0.3 is 11.7 Å². The van der Waals surface area contributed by atoms with Crippen LogP contribution in [0, 0.1) is 0 Å². The molecule has 1 aliphatic carbocycles. The molecule has 0 unspecified atom stereocenters. The Balaban J connectivity index is 1.19. The minimum Gasteiger partial charge on any atom is -0.456 e. The van der Waals surface area contributed by atoms with Crippen LogP contribution in [-0.4, -0.2) is 20.7 Å². The number of thiophene rings is 1. The van der Waals surface area contributed by atoms with Crippen molar-refractivity contribution in [2.24, 2.45) is 0 Å². The van der Waals surface area contributed by atoms with E-state index in [1.807, 2.05) is 0 Å². The Morgan fingerprint density at radius 3 is 2.94 bits per heavy atom. The smallest absolute Gasteiger partial charge is 0.419 e. The molecule has 0 atom stereocenters. The molecule has 0 aliphatic heterocycles. The minimum absolute atomic E-state index is 0.00416. The highest BCUT2D eigenvalue weighted by molar-refractivity contribution is 7.15. The van der Waals surface area contributed by atoms with E-state index in [4.69, 9.17) is 25.2 Å². The van der Waals surface area contributed by atoms with Gasteiger partial charge in [-0.05, 0) is 49.4 Å². The van der Waals surface area contributed by atoms with Crippen molar-refractivity contribution >= 4 is 40.0 Å². The molecule has 3 heterocycles. The van der Waals surface area contributed by atoms with Crippen LogP contribution in [0.4, 0.5) is 0 Å². The van der Waals surface area contributed by atoms with E-state index < -0.39 is 11.7 Å². The van der Waals surface area contributed by atoms with Crippen molar-refractivity contribution in [3.8, 4) is 10.8 Å². The van der Waals surface area contributed by atoms with Crippen LogP contribution in [0.2, 0.25) is 5.02 Å². The predicted octanol–water partition coefficient (Wildman–Crippen LogP) is 4.37. The van der Waals surface area contributed by atoms with Gasteiger partial charge in [0.2, 0.25) is 0 Å². The number of oxazole rings is 1. The molecule has 8 nitrogen and oxygen atoms in total. The van der Waals surface area contributed by atoms with Crippen LogP contribution in [0.3, 0.4) is 0 Å². The van der Waals surface area contributed by atoms with E-state index >= 15 is 0 Å². The molecule has 0 amide bonds. The lowest BCUT2D eigenvalue weighted by molar-refractivity contribution is -0.145. The third-order valence-corrected chi connectivity index (χ3v) is 6.66. The molecule has 3 aromatic heterocycles. The van der Waals surface area contributed by atoms with Gasteiger partial charge in [0.25, 0.3) is 11.8 Å². The second-order valence-electron chi connectivity index (χ2n) is 7.31. The van der Waals surface area contributed by atoms with Crippen LogP contribution in [0.25, 0.3) is 21.9 Å². The third kappa shape index (κ3) is 4.15. The van der Waals surface area contributed by atoms with Crippen molar-refractivity contribution in [2.75, 3.05) is 0 Å². The van der Waals surface area contributed by atoms with Gasteiger partial charge in [-0.2, -0.15) is 0 Å². The van der Waals surface area contributed by atoms with E-state index in [1.54, 1.807) is 29.5 Å². The lowest BCUT2D eigenvalue weighted by Gasteiger charge is -2.08. The maximum Gasteiger partial charge on any atom is 0.419 e. The summed E-state index contributed by atoms with van der Waals surface area (Å²) in [6, 6.07) is 7.01.